The van der Waals surface area contributed by atoms with Crippen molar-refractivity contribution in [2.24, 2.45) is 0 Å². The first-order valence-electron chi connectivity index (χ1n) is 10.2. The molecule has 0 aliphatic carbocycles. The van der Waals surface area contributed by atoms with Crippen LogP contribution in [0.2, 0.25) is 0 Å². The Morgan fingerprint density at radius 2 is 2.00 bits per heavy atom. The molecule has 0 amide bonds. The van der Waals surface area contributed by atoms with Crippen LogP contribution in [0.3, 0.4) is 0 Å². The highest BCUT2D eigenvalue weighted by atomic mass is 19.1. The van der Waals surface area contributed by atoms with E-state index >= 15 is 0 Å². The van der Waals surface area contributed by atoms with E-state index in [9.17, 15) is 9.50 Å². The predicted octanol–water partition coefficient (Wildman–Crippen LogP) is 1.82. The second-order valence-corrected chi connectivity index (χ2v) is 7.52. The third kappa shape index (κ3) is 6.90. The minimum absolute atomic E-state index is 0.188. The second kappa shape index (κ2) is 11.4. The summed E-state index contributed by atoms with van der Waals surface area (Å²) in [7, 11) is 1.60. The van der Waals surface area contributed by atoms with Crippen LogP contribution in [0.25, 0.3) is 0 Å². The quantitative estimate of drug-likeness (QED) is 0.618. The standard InChI is InChI=1S/C22H32FN3O3/c1-28-18-21(27)17-25(10-9-24-11-13-29-14-12-24)16-20-6-4-8-26(20)15-19-5-2-3-7-22(19)23/h2-8,21,27H,9-18H2,1H3/t21-/m0/s1. The third-order valence-corrected chi connectivity index (χ3v) is 5.27. The number of aliphatic hydroxyl groups is 1. The fraction of sp³-hybridized carbons (Fsp3) is 0.545. The minimum atomic E-state index is -0.542. The molecule has 1 saturated heterocycles. The van der Waals surface area contributed by atoms with E-state index in [0.29, 0.717) is 31.8 Å². The molecule has 6 nitrogen and oxygen atoms in total. The highest BCUT2D eigenvalue weighted by molar-refractivity contribution is 5.19. The fourth-order valence-electron chi connectivity index (χ4n) is 3.67. The molecule has 7 heteroatoms. The topological polar surface area (TPSA) is 50.1 Å². The number of morpholine rings is 1. The molecular weight excluding hydrogens is 373 g/mol. The van der Waals surface area contributed by atoms with Crippen molar-refractivity contribution in [3.63, 3.8) is 0 Å². The van der Waals surface area contributed by atoms with E-state index in [1.165, 1.54) is 6.07 Å². The van der Waals surface area contributed by atoms with E-state index in [-0.39, 0.29) is 5.82 Å². The van der Waals surface area contributed by atoms with Gasteiger partial charge in [0.2, 0.25) is 0 Å². The second-order valence-electron chi connectivity index (χ2n) is 7.52. The number of hydrogen-bond donors (Lipinski definition) is 1. The number of aromatic nitrogens is 1. The van der Waals surface area contributed by atoms with Crippen LogP contribution < -0.4 is 0 Å². The molecule has 1 fully saturated rings. The van der Waals surface area contributed by atoms with Crippen LogP contribution in [0.5, 0.6) is 0 Å². The lowest BCUT2D eigenvalue weighted by molar-refractivity contribution is 0.0178. The van der Waals surface area contributed by atoms with Gasteiger partial charge >= 0.3 is 0 Å². The van der Waals surface area contributed by atoms with E-state index in [2.05, 4.69) is 20.4 Å². The first kappa shape index (κ1) is 21.9. The number of rotatable bonds is 11. The van der Waals surface area contributed by atoms with Crippen LogP contribution in [0.1, 0.15) is 11.3 Å². The Morgan fingerprint density at radius 3 is 2.76 bits per heavy atom. The first-order chi connectivity index (χ1) is 14.2. The Labute approximate surface area is 172 Å². The number of halogens is 1. The molecule has 1 aliphatic rings. The molecule has 0 radical (unpaired) electrons. The maximum atomic E-state index is 14.1. The van der Waals surface area contributed by atoms with Gasteiger partial charge in [-0.2, -0.15) is 0 Å². The smallest absolute Gasteiger partial charge is 0.128 e. The SMILES string of the molecule is COC[C@@H](O)CN(CCN1CCOCC1)Cc1cccn1Cc1ccccc1F. The van der Waals surface area contributed by atoms with Crippen LogP contribution in [0, 0.1) is 5.82 Å². The van der Waals surface area contributed by atoms with Gasteiger partial charge in [0.25, 0.3) is 0 Å². The van der Waals surface area contributed by atoms with E-state index in [1.807, 2.05) is 24.4 Å². The first-order valence-corrected chi connectivity index (χ1v) is 10.2. The van der Waals surface area contributed by atoms with Crippen molar-refractivity contribution in [3.8, 4) is 0 Å². The summed E-state index contributed by atoms with van der Waals surface area (Å²) in [5.41, 5.74) is 1.77. The van der Waals surface area contributed by atoms with Gasteiger partial charge in [-0.05, 0) is 18.2 Å². The summed E-state index contributed by atoms with van der Waals surface area (Å²) in [4.78, 5) is 4.63. The molecule has 0 unspecified atom stereocenters. The van der Waals surface area contributed by atoms with Crippen molar-refractivity contribution in [3.05, 3.63) is 59.7 Å². The van der Waals surface area contributed by atoms with Crippen LogP contribution in [-0.2, 0) is 22.6 Å². The Hall–Kier alpha value is -1.77. The summed E-state index contributed by atoms with van der Waals surface area (Å²) in [6.45, 7) is 7.22. The summed E-state index contributed by atoms with van der Waals surface area (Å²) in [5, 5.41) is 10.3. The van der Waals surface area contributed by atoms with Gasteiger partial charge in [0, 0.05) is 63.8 Å². The highest BCUT2D eigenvalue weighted by Gasteiger charge is 2.17. The Balaban J connectivity index is 1.64. The lowest BCUT2D eigenvalue weighted by Gasteiger charge is -2.31. The molecule has 2 aromatic rings. The molecule has 29 heavy (non-hydrogen) atoms. The van der Waals surface area contributed by atoms with Crippen molar-refractivity contribution >= 4 is 0 Å². The van der Waals surface area contributed by atoms with Crippen molar-refractivity contribution in [2.75, 3.05) is 59.7 Å². The summed E-state index contributed by atoms with van der Waals surface area (Å²) in [5.74, 6) is -0.188. The number of benzene rings is 1. The van der Waals surface area contributed by atoms with Crippen molar-refractivity contribution in [1.29, 1.82) is 0 Å². The van der Waals surface area contributed by atoms with Gasteiger partial charge in [0.15, 0.2) is 0 Å². The average Bonchev–Trinajstić information content (AvgIpc) is 3.15. The third-order valence-electron chi connectivity index (χ3n) is 5.27. The maximum absolute atomic E-state index is 14.1. The normalized spacial score (nSPS) is 16.4. The Morgan fingerprint density at radius 1 is 1.21 bits per heavy atom. The van der Waals surface area contributed by atoms with Crippen LogP contribution in [0.4, 0.5) is 4.39 Å². The molecular formula is C22H32FN3O3. The summed E-state index contributed by atoms with van der Waals surface area (Å²) in [6.07, 6.45) is 1.44. The number of aliphatic hydroxyl groups excluding tert-OH is 1. The van der Waals surface area contributed by atoms with Crippen molar-refractivity contribution in [2.45, 2.75) is 19.2 Å². The molecule has 1 aromatic heterocycles. The number of hydrogen-bond acceptors (Lipinski definition) is 5. The van der Waals surface area contributed by atoms with Gasteiger partial charge in [-0.3, -0.25) is 9.80 Å². The summed E-state index contributed by atoms with van der Waals surface area (Å²) >= 11 is 0. The van der Waals surface area contributed by atoms with Gasteiger partial charge in [0.05, 0.1) is 32.5 Å². The van der Waals surface area contributed by atoms with Crippen LogP contribution in [-0.4, -0.2) is 85.2 Å². The highest BCUT2D eigenvalue weighted by Crippen LogP contribution is 2.14. The molecule has 1 N–H and O–H groups in total. The Bertz CT molecular complexity index is 734. The monoisotopic (exact) mass is 405 g/mol. The summed E-state index contributed by atoms with van der Waals surface area (Å²) < 4.78 is 26.7. The molecule has 0 bridgehead atoms. The molecule has 1 aromatic carbocycles. The van der Waals surface area contributed by atoms with Crippen LogP contribution in [0.15, 0.2) is 42.6 Å². The molecule has 1 aliphatic heterocycles. The van der Waals surface area contributed by atoms with E-state index in [1.54, 1.807) is 13.2 Å². The van der Waals surface area contributed by atoms with Crippen LogP contribution >= 0.6 is 0 Å². The van der Waals surface area contributed by atoms with Gasteiger partial charge in [-0.1, -0.05) is 18.2 Å². The minimum Gasteiger partial charge on any atom is -0.389 e. The lowest BCUT2D eigenvalue weighted by atomic mass is 10.2. The Kier molecular flexibility index (Phi) is 8.64. The van der Waals surface area contributed by atoms with Crippen molar-refractivity contribution in [1.82, 2.24) is 14.4 Å². The van der Waals surface area contributed by atoms with Gasteiger partial charge in [-0.25, -0.2) is 4.39 Å². The lowest BCUT2D eigenvalue weighted by Crippen LogP contribution is -2.43. The zero-order valence-electron chi connectivity index (χ0n) is 17.2. The van der Waals surface area contributed by atoms with Crippen molar-refractivity contribution < 1.29 is 19.0 Å². The molecule has 160 valence electrons. The van der Waals surface area contributed by atoms with Gasteiger partial charge in [-0.15, -0.1) is 0 Å². The van der Waals surface area contributed by atoms with Gasteiger partial charge < -0.3 is 19.1 Å². The summed E-state index contributed by atoms with van der Waals surface area (Å²) in [6, 6.07) is 10.9. The average molecular weight is 406 g/mol. The number of methoxy groups -OCH3 is 1. The van der Waals surface area contributed by atoms with E-state index < -0.39 is 6.10 Å². The van der Waals surface area contributed by atoms with E-state index in [4.69, 9.17) is 9.47 Å². The molecule has 2 heterocycles. The largest absolute Gasteiger partial charge is 0.389 e. The van der Waals surface area contributed by atoms with E-state index in [0.717, 1.165) is 45.1 Å². The molecule has 0 saturated carbocycles. The number of nitrogens with zero attached hydrogens (tertiary/aromatic N) is 3. The maximum Gasteiger partial charge on any atom is 0.128 e. The fourth-order valence-corrected chi connectivity index (χ4v) is 3.67. The number of ether oxygens (including phenoxy) is 2. The molecule has 1 atom stereocenters. The zero-order chi connectivity index (χ0) is 20.5. The zero-order valence-corrected chi connectivity index (χ0v) is 17.2. The predicted molar refractivity (Wildman–Crippen MR) is 110 cm³/mol. The van der Waals surface area contributed by atoms with Gasteiger partial charge in [0.1, 0.15) is 5.82 Å². The molecule has 0 spiro atoms. The molecule has 3 rings (SSSR count).